The van der Waals surface area contributed by atoms with Gasteiger partial charge in [0.05, 0.1) is 18.6 Å². The molecule has 0 radical (unpaired) electrons. The van der Waals surface area contributed by atoms with Crippen molar-refractivity contribution < 1.29 is 9.21 Å². The molecule has 0 saturated carbocycles. The second kappa shape index (κ2) is 5.76. The zero-order valence-electron chi connectivity index (χ0n) is 12.5. The lowest BCUT2D eigenvalue weighted by atomic mass is 9.91. The molecule has 112 valence electrons. The Morgan fingerprint density at radius 3 is 3.05 bits per heavy atom. The number of hydrogen-bond donors (Lipinski definition) is 1. The molecule has 0 unspecified atom stereocenters. The van der Waals surface area contributed by atoms with Gasteiger partial charge in [-0.1, -0.05) is 13.8 Å². The quantitative estimate of drug-likeness (QED) is 0.943. The number of amides is 1. The number of rotatable bonds is 3. The first-order valence-electron chi connectivity index (χ1n) is 7.57. The summed E-state index contributed by atoms with van der Waals surface area (Å²) in [6.45, 7) is 5.06. The topological polar surface area (TPSA) is 62.1 Å². The molecule has 2 aromatic rings. The largest absolute Gasteiger partial charge is 0.464 e. The molecule has 5 heteroatoms. The molecular formula is C16H21N3O2. The Kier molecular flexibility index (Phi) is 3.82. The lowest BCUT2D eigenvalue weighted by molar-refractivity contribution is 0.0513. The molecule has 0 aliphatic carbocycles. The third-order valence-electron chi connectivity index (χ3n) is 4.21. The smallest absolute Gasteiger partial charge is 0.272 e. The fourth-order valence-corrected chi connectivity index (χ4v) is 2.95. The standard InChI is InChI=1S/C16H21N3O2/c1-3-12-4-5-15(21-12)14-8-11(2)6-7-19(14)16(20)13-9-17-10-18-13/h4-5,9-11,14H,3,6-8H2,1-2H3,(H,17,18)/t11-,14+/m0/s1. The molecule has 1 aliphatic heterocycles. The molecule has 1 fully saturated rings. The monoisotopic (exact) mass is 287 g/mol. The van der Waals surface area contributed by atoms with Gasteiger partial charge in [-0.15, -0.1) is 0 Å². The Morgan fingerprint density at radius 1 is 1.52 bits per heavy atom. The summed E-state index contributed by atoms with van der Waals surface area (Å²) in [7, 11) is 0. The maximum atomic E-state index is 12.6. The van der Waals surface area contributed by atoms with Gasteiger partial charge < -0.3 is 14.3 Å². The van der Waals surface area contributed by atoms with Gasteiger partial charge in [0.2, 0.25) is 0 Å². The van der Waals surface area contributed by atoms with Gasteiger partial charge >= 0.3 is 0 Å². The maximum Gasteiger partial charge on any atom is 0.272 e. The van der Waals surface area contributed by atoms with Crippen LogP contribution in [0.4, 0.5) is 0 Å². The molecule has 3 rings (SSSR count). The van der Waals surface area contributed by atoms with Crippen LogP contribution in [-0.2, 0) is 6.42 Å². The van der Waals surface area contributed by atoms with Gasteiger partial charge in [0.25, 0.3) is 5.91 Å². The fraction of sp³-hybridized carbons (Fsp3) is 0.500. The van der Waals surface area contributed by atoms with Crippen LogP contribution in [0.3, 0.4) is 0 Å². The highest BCUT2D eigenvalue weighted by Crippen LogP contribution is 2.35. The zero-order chi connectivity index (χ0) is 14.8. The summed E-state index contributed by atoms with van der Waals surface area (Å²) in [5.41, 5.74) is 0.539. The number of nitrogens with one attached hydrogen (secondary N) is 1. The summed E-state index contributed by atoms with van der Waals surface area (Å²) < 4.78 is 5.90. The highest BCUT2D eigenvalue weighted by molar-refractivity contribution is 5.92. The second-order valence-electron chi connectivity index (χ2n) is 5.77. The third kappa shape index (κ3) is 2.73. The van der Waals surface area contributed by atoms with Crippen molar-refractivity contribution in [1.29, 1.82) is 0 Å². The molecule has 2 aromatic heterocycles. The van der Waals surface area contributed by atoms with E-state index in [1.165, 1.54) is 6.33 Å². The minimum Gasteiger partial charge on any atom is -0.464 e. The second-order valence-corrected chi connectivity index (χ2v) is 5.77. The molecule has 1 amide bonds. The average molecular weight is 287 g/mol. The van der Waals surface area contributed by atoms with Gasteiger partial charge in [0.15, 0.2) is 0 Å². The summed E-state index contributed by atoms with van der Waals surface area (Å²) in [4.78, 5) is 21.4. The van der Waals surface area contributed by atoms with Gasteiger partial charge in [-0.2, -0.15) is 0 Å². The van der Waals surface area contributed by atoms with Crippen molar-refractivity contribution >= 4 is 5.91 Å². The molecule has 0 aromatic carbocycles. The molecule has 2 atom stereocenters. The summed E-state index contributed by atoms with van der Waals surface area (Å²) >= 11 is 0. The minimum absolute atomic E-state index is 0.00107. The number of carbonyl (C=O) groups excluding carboxylic acids is 1. The number of aromatic amines is 1. The molecule has 21 heavy (non-hydrogen) atoms. The Bertz CT molecular complexity index is 603. The number of H-pyrrole nitrogens is 1. The van der Waals surface area contributed by atoms with Gasteiger partial charge in [-0.25, -0.2) is 4.98 Å². The van der Waals surface area contributed by atoms with E-state index in [0.717, 1.165) is 37.3 Å². The molecule has 0 bridgehead atoms. The molecular weight excluding hydrogens is 266 g/mol. The van der Waals surface area contributed by atoms with Crippen LogP contribution in [-0.4, -0.2) is 27.3 Å². The molecule has 1 saturated heterocycles. The van der Waals surface area contributed by atoms with Crippen LogP contribution in [0.15, 0.2) is 29.1 Å². The van der Waals surface area contributed by atoms with Crippen LogP contribution >= 0.6 is 0 Å². The normalized spacial score (nSPS) is 22.5. The van der Waals surface area contributed by atoms with E-state index < -0.39 is 0 Å². The van der Waals surface area contributed by atoms with Crippen LogP contribution in [0.5, 0.6) is 0 Å². The number of carbonyl (C=O) groups is 1. The number of imidazole rings is 1. The number of furan rings is 1. The average Bonchev–Trinajstić information content (AvgIpc) is 3.18. The summed E-state index contributed by atoms with van der Waals surface area (Å²) in [5, 5.41) is 0. The Morgan fingerprint density at radius 2 is 2.38 bits per heavy atom. The van der Waals surface area contributed by atoms with E-state index in [0.29, 0.717) is 11.6 Å². The summed E-state index contributed by atoms with van der Waals surface area (Å²) in [6, 6.07) is 4.03. The number of aryl methyl sites for hydroxylation is 1. The van der Waals surface area contributed by atoms with E-state index in [1.807, 2.05) is 17.0 Å². The number of nitrogens with zero attached hydrogens (tertiary/aromatic N) is 2. The lowest BCUT2D eigenvalue weighted by Crippen LogP contribution is -2.40. The van der Waals surface area contributed by atoms with Crippen LogP contribution in [0, 0.1) is 5.92 Å². The molecule has 1 N–H and O–H groups in total. The van der Waals surface area contributed by atoms with Gasteiger partial charge in [-0.05, 0) is 30.9 Å². The summed E-state index contributed by atoms with van der Waals surface area (Å²) in [6.07, 6.45) is 5.96. The van der Waals surface area contributed by atoms with Crippen molar-refractivity contribution in [3.63, 3.8) is 0 Å². The van der Waals surface area contributed by atoms with Crippen molar-refractivity contribution in [2.24, 2.45) is 5.92 Å². The predicted octanol–water partition coefficient (Wildman–Crippen LogP) is 3.18. The van der Waals surface area contributed by atoms with E-state index in [2.05, 4.69) is 23.8 Å². The Balaban J connectivity index is 1.87. The third-order valence-corrected chi connectivity index (χ3v) is 4.21. The number of likely N-dealkylation sites (tertiary alicyclic amines) is 1. The zero-order valence-corrected chi connectivity index (χ0v) is 12.5. The molecule has 5 nitrogen and oxygen atoms in total. The fourth-order valence-electron chi connectivity index (χ4n) is 2.95. The van der Waals surface area contributed by atoms with Crippen molar-refractivity contribution in [3.05, 3.63) is 41.9 Å². The molecule has 1 aliphatic rings. The Hall–Kier alpha value is -2.04. The van der Waals surface area contributed by atoms with E-state index in [9.17, 15) is 4.79 Å². The predicted molar refractivity (Wildman–Crippen MR) is 78.8 cm³/mol. The van der Waals surface area contributed by atoms with E-state index in [1.54, 1.807) is 6.20 Å². The van der Waals surface area contributed by atoms with Gasteiger partial charge in [-0.3, -0.25) is 4.79 Å². The maximum absolute atomic E-state index is 12.6. The van der Waals surface area contributed by atoms with Crippen molar-refractivity contribution in [2.75, 3.05) is 6.54 Å². The van der Waals surface area contributed by atoms with E-state index >= 15 is 0 Å². The first-order valence-corrected chi connectivity index (χ1v) is 7.57. The summed E-state index contributed by atoms with van der Waals surface area (Å²) in [5.74, 6) is 2.46. The minimum atomic E-state index is -0.00107. The van der Waals surface area contributed by atoms with Crippen LogP contribution in [0.25, 0.3) is 0 Å². The SMILES string of the molecule is CCc1ccc([C@H]2C[C@@H](C)CCN2C(=O)c2cnc[nH]2)o1. The van der Waals surface area contributed by atoms with E-state index in [4.69, 9.17) is 4.42 Å². The molecule has 0 spiro atoms. The lowest BCUT2D eigenvalue weighted by Gasteiger charge is -2.37. The van der Waals surface area contributed by atoms with Crippen molar-refractivity contribution in [1.82, 2.24) is 14.9 Å². The van der Waals surface area contributed by atoms with Gasteiger partial charge in [0, 0.05) is 13.0 Å². The van der Waals surface area contributed by atoms with E-state index in [-0.39, 0.29) is 11.9 Å². The Labute approximate surface area is 124 Å². The number of aromatic nitrogens is 2. The molecule has 3 heterocycles. The van der Waals surface area contributed by atoms with Crippen LogP contribution in [0.1, 0.15) is 54.7 Å². The van der Waals surface area contributed by atoms with Crippen molar-refractivity contribution in [3.8, 4) is 0 Å². The van der Waals surface area contributed by atoms with Crippen molar-refractivity contribution in [2.45, 2.75) is 39.2 Å². The highest BCUT2D eigenvalue weighted by atomic mass is 16.3. The van der Waals surface area contributed by atoms with Crippen LogP contribution < -0.4 is 0 Å². The van der Waals surface area contributed by atoms with Crippen LogP contribution in [0.2, 0.25) is 0 Å². The number of piperidine rings is 1. The first-order chi connectivity index (χ1) is 10.2. The highest BCUT2D eigenvalue weighted by Gasteiger charge is 2.33. The first kappa shape index (κ1) is 13.9. The van der Waals surface area contributed by atoms with Gasteiger partial charge in [0.1, 0.15) is 17.2 Å². The number of hydrogen-bond acceptors (Lipinski definition) is 3.